The Morgan fingerprint density at radius 2 is 2.00 bits per heavy atom. The largest absolute Gasteiger partial charge is 0.467 e. The maximum absolute atomic E-state index is 12.8. The van der Waals surface area contributed by atoms with E-state index in [1.807, 2.05) is 6.07 Å². The van der Waals surface area contributed by atoms with Gasteiger partial charge in [0.1, 0.15) is 11.6 Å². The Morgan fingerprint density at radius 3 is 2.80 bits per heavy atom. The number of nitrogens with one attached hydrogen (secondary N) is 3. The summed E-state index contributed by atoms with van der Waals surface area (Å²) in [5.41, 5.74) is 5.38. The average molecular weight is 485 g/mol. The zero-order valence-electron chi connectivity index (χ0n) is 19.6. The van der Waals surface area contributed by atoms with Crippen molar-refractivity contribution in [3.63, 3.8) is 0 Å². The highest BCUT2D eigenvalue weighted by atomic mass is 32.2. The van der Waals surface area contributed by atoms with Gasteiger partial charge in [0.25, 0.3) is 5.91 Å². The number of furan rings is 1. The van der Waals surface area contributed by atoms with Crippen LogP contribution in [0.2, 0.25) is 0 Å². The number of fused-ring (bicyclic) bond motifs is 1. The van der Waals surface area contributed by atoms with Gasteiger partial charge in [-0.3, -0.25) is 9.52 Å². The predicted molar refractivity (Wildman–Crippen MR) is 140 cm³/mol. The number of aromatic nitrogens is 1. The Morgan fingerprint density at radius 1 is 1.11 bits per heavy atom. The lowest BCUT2D eigenvalue weighted by molar-refractivity contribution is 0.0948. The molecule has 6 nitrogen and oxygen atoms in total. The number of pyridine rings is 1. The zero-order valence-corrected chi connectivity index (χ0v) is 20.4. The number of hydrogen-bond donors (Lipinski definition) is 3. The first-order valence-corrected chi connectivity index (χ1v) is 12.7. The van der Waals surface area contributed by atoms with Crippen LogP contribution >= 0.6 is 11.9 Å². The second-order valence-corrected chi connectivity index (χ2v) is 9.42. The third-order valence-electron chi connectivity index (χ3n) is 6.19. The standard InChI is InChI=1S/C28H28N4O2S/c1-2-19-7-12-23(13-8-19)35-32-26-14-10-20-9-11-21(17-25(20)26)31-27-24(6-3-15-29-27)28(33)30-18-22-5-4-16-34-22/h3-9,11-13,15-17,26,32H,2,10,14,18H2,1H3,(H,29,31)(H,30,33). The van der Waals surface area contributed by atoms with Gasteiger partial charge in [-0.25, -0.2) is 4.98 Å². The first kappa shape index (κ1) is 23.2. The topological polar surface area (TPSA) is 79.2 Å². The molecule has 2 heterocycles. The number of amides is 1. The van der Waals surface area contributed by atoms with E-state index < -0.39 is 0 Å². The molecule has 0 bridgehead atoms. The van der Waals surface area contributed by atoms with Gasteiger partial charge in [0, 0.05) is 22.8 Å². The highest BCUT2D eigenvalue weighted by Gasteiger charge is 2.23. The van der Waals surface area contributed by atoms with E-state index in [2.05, 4.69) is 69.7 Å². The third kappa shape index (κ3) is 5.58. The molecule has 3 N–H and O–H groups in total. The average Bonchev–Trinajstić information content (AvgIpc) is 3.56. The Labute approximate surface area is 209 Å². The molecule has 2 aromatic carbocycles. The predicted octanol–water partition coefficient (Wildman–Crippen LogP) is 6.19. The molecule has 7 heteroatoms. The van der Waals surface area contributed by atoms with Crippen LogP contribution in [0.1, 0.15) is 52.2 Å². The van der Waals surface area contributed by atoms with E-state index in [9.17, 15) is 4.79 Å². The van der Waals surface area contributed by atoms with Crippen molar-refractivity contribution in [1.29, 1.82) is 0 Å². The lowest BCUT2D eigenvalue weighted by Gasteiger charge is -2.16. The second kappa shape index (κ2) is 10.8. The summed E-state index contributed by atoms with van der Waals surface area (Å²) in [7, 11) is 0. The highest BCUT2D eigenvalue weighted by molar-refractivity contribution is 7.97. The van der Waals surface area contributed by atoms with Crippen LogP contribution in [0.15, 0.2) is 88.5 Å². The molecule has 5 rings (SSSR count). The minimum Gasteiger partial charge on any atom is -0.467 e. The molecule has 1 aliphatic carbocycles. The van der Waals surface area contributed by atoms with Crippen molar-refractivity contribution in [2.45, 2.75) is 43.7 Å². The lowest BCUT2D eigenvalue weighted by Crippen LogP contribution is -2.23. The van der Waals surface area contributed by atoms with Gasteiger partial charge in [0.2, 0.25) is 0 Å². The van der Waals surface area contributed by atoms with E-state index in [1.165, 1.54) is 21.6 Å². The van der Waals surface area contributed by atoms with Gasteiger partial charge in [-0.15, -0.1) is 0 Å². The van der Waals surface area contributed by atoms with Gasteiger partial charge in [-0.2, -0.15) is 0 Å². The first-order valence-electron chi connectivity index (χ1n) is 11.9. The fraction of sp³-hybridized carbons (Fsp3) is 0.214. The molecule has 1 atom stereocenters. The molecule has 2 aromatic heterocycles. The molecule has 0 fully saturated rings. The third-order valence-corrected chi connectivity index (χ3v) is 7.10. The normalized spacial score (nSPS) is 14.5. The number of anilines is 2. The van der Waals surface area contributed by atoms with Gasteiger partial charge in [0.15, 0.2) is 0 Å². The summed E-state index contributed by atoms with van der Waals surface area (Å²) in [6.07, 6.45) is 6.43. The van der Waals surface area contributed by atoms with Crippen LogP contribution in [0.25, 0.3) is 0 Å². The SMILES string of the molecule is CCc1ccc(SNC2CCc3ccc(Nc4ncccc4C(=O)NCc4ccco4)cc32)cc1. The van der Waals surface area contributed by atoms with Crippen molar-refractivity contribution in [2.75, 3.05) is 5.32 Å². The van der Waals surface area contributed by atoms with Crippen LogP contribution in [0, 0.1) is 0 Å². The van der Waals surface area contributed by atoms with Gasteiger partial charge in [-0.1, -0.05) is 25.1 Å². The van der Waals surface area contributed by atoms with E-state index in [-0.39, 0.29) is 11.9 Å². The molecular weight excluding hydrogens is 456 g/mol. The molecule has 0 radical (unpaired) electrons. The van der Waals surface area contributed by atoms with Gasteiger partial charge in [0.05, 0.1) is 18.4 Å². The van der Waals surface area contributed by atoms with Gasteiger partial charge < -0.3 is 15.1 Å². The van der Waals surface area contributed by atoms with Crippen LogP contribution in [-0.2, 0) is 19.4 Å². The van der Waals surface area contributed by atoms with Crippen molar-refractivity contribution < 1.29 is 9.21 Å². The maximum atomic E-state index is 12.8. The number of benzene rings is 2. The molecule has 178 valence electrons. The summed E-state index contributed by atoms with van der Waals surface area (Å²) in [5.74, 6) is 1.02. The molecule has 4 aromatic rings. The van der Waals surface area contributed by atoms with E-state index in [0.29, 0.717) is 23.7 Å². The van der Waals surface area contributed by atoms with Crippen molar-refractivity contribution in [1.82, 2.24) is 15.0 Å². The van der Waals surface area contributed by atoms with E-state index >= 15 is 0 Å². The molecular formula is C28H28N4O2S. The van der Waals surface area contributed by atoms with Crippen LogP contribution in [0.5, 0.6) is 0 Å². The molecule has 0 spiro atoms. The number of aryl methyl sites for hydroxylation is 2. The second-order valence-electron chi connectivity index (χ2n) is 8.51. The van der Waals surface area contributed by atoms with Crippen LogP contribution in [0.3, 0.4) is 0 Å². The van der Waals surface area contributed by atoms with Crippen LogP contribution < -0.4 is 15.4 Å². The quantitative estimate of drug-likeness (QED) is 0.246. The fourth-order valence-electron chi connectivity index (χ4n) is 4.24. The summed E-state index contributed by atoms with van der Waals surface area (Å²) in [4.78, 5) is 18.4. The van der Waals surface area contributed by atoms with Crippen LogP contribution in [-0.4, -0.2) is 10.9 Å². The van der Waals surface area contributed by atoms with Crippen LogP contribution in [0.4, 0.5) is 11.5 Å². The molecule has 1 aliphatic rings. The summed E-state index contributed by atoms with van der Waals surface area (Å²) in [6.45, 7) is 2.49. The smallest absolute Gasteiger partial charge is 0.255 e. The van der Waals surface area contributed by atoms with Gasteiger partial charge in [-0.05, 0) is 96.4 Å². The fourth-order valence-corrected chi connectivity index (χ4v) is 5.03. The lowest BCUT2D eigenvalue weighted by atomic mass is 10.1. The Bertz CT molecular complexity index is 1290. The summed E-state index contributed by atoms with van der Waals surface area (Å²) in [5, 5.41) is 6.24. The first-order chi connectivity index (χ1) is 17.2. The number of carbonyl (C=O) groups excluding carboxylic acids is 1. The minimum absolute atomic E-state index is 0.205. The molecule has 0 saturated heterocycles. The van der Waals surface area contributed by atoms with Crippen molar-refractivity contribution in [2.24, 2.45) is 0 Å². The van der Waals surface area contributed by atoms with E-state index in [0.717, 1.165) is 24.9 Å². The zero-order chi connectivity index (χ0) is 24.0. The molecule has 35 heavy (non-hydrogen) atoms. The summed E-state index contributed by atoms with van der Waals surface area (Å²) >= 11 is 1.68. The summed E-state index contributed by atoms with van der Waals surface area (Å²) in [6, 6.07) is 22.5. The van der Waals surface area contributed by atoms with Gasteiger partial charge >= 0.3 is 0 Å². The molecule has 0 aliphatic heterocycles. The van der Waals surface area contributed by atoms with E-state index in [1.54, 1.807) is 42.6 Å². The molecule has 0 saturated carbocycles. The number of carbonyl (C=O) groups is 1. The monoisotopic (exact) mass is 484 g/mol. The van der Waals surface area contributed by atoms with E-state index in [4.69, 9.17) is 4.42 Å². The van der Waals surface area contributed by atoms with Crippen molar-refractivity contribution in [3.05, 3.63) is 107 Å². The maximum Gasteiger partial charge on any atom is 0.255 e. The molecule has 1 amide bonds. The number of hydrogen-bond acceptors (Lipinski definition) is 6. The molecule has 1 unspecified atom stereocenters. The minimum atomic E-state index is -0.205. The Kier molecular flexibility index (Phi) is 7.16. The Balaban J connectivity index is 1.27. The highest BCUT2D eigenvalue weighted by Crippen LogP contribution is 2.36. The number of nitrogens with zero attached hydrogens (tertiary/aromatic N) is 1. The van der Waals surface area contributed by atoms with Crippen molar-refractivity contribution in [3.8, 4) is 0 Å². The Hall–Kier alpha value is -3.55. The summed E-state index contributed by atoms with van der Waals surface area (Å²) < 4.78 is 8.95. The number of rotatable bonds is 9. The van der Waals surface area contributed by atoms with Crippen molar-refractivity contribution >= 4 is 29.4 Å².